The van der Waals surface area contributed by atoms with E-state index in [9.17, 15) is 19.2 Å². The van der Waals surface area contributed by atoms with Crippen LogP contribution in [0.4, 0.5) is 10.5 Å². The van der Waals surface area contributed by atoms with Gasteiger partial charge >= 0.3 is 12.0 Å². The van der Waals surface area contributed by atoms with E-state index in [4.69, 9.17) is 5.11 Å². The Kier molecular flexibility index (Phi) is 3.09. The monoisotopic (exact) mass is 302 g/mol. The minimum absolute atomic E-state index is 0.0231. The Hall–Kier alpha value is -3.23. The highest BCUT2D eigenvalue weighted by molar-refractivity contribution is 6.05. The van der Waals surface area contributed by atoms with Crippen LogP contribution in [0.5, 0.6) is 0 Å². The average Bonchev–Trinajstić information content (AvgIpc) is 2.48. The molecule has 0 unspecified atom stereocenters. The van der Waals surface area contributed by atoms with Crippen molar-refractivity contribution in [2.24, 2.45) is 0 Å². The quantitative estimate of drug-likeness (QED) is 0.795. The Balaban J connectivity index is 2.13. The number of imide groups is 1. The molecule has 0 aromatic carbocycles. The van der Waals surface area contributed by atoms with Gasteiger partial charge in [0.2, 0.25) is 5.91 Å². The van der Waals surface area contributed by atoms with Crippen LogP contribution in [0.25, 0.3) is 5.65 Å². The smallest absolute Gasteiger partial charge is 0.337 e. The lowest BCUT2D eigenvalue weighted by atomic mass is 10.2. The second kappa shape index (κ2) is 4.95. The Morgan fingerprint density at radius 1 is 1.27 bits per heavy atom. The molecular formula is C13H10N4O5. The van der Waals surface area contributed by atoms with Crippen LogP contribution >= 0.6 is 0 Å². The number of aromatic nitrogens is 2. The largest absolute Gasteiger partial charge is 0.478 e. The first-order valence-electron chi connectivity index (χ1n) is 6.33. The summed E-state index contributed by atoms with van der Waals surface area (Å²) in [7, 11) is 0. The van der Waals surface area contributed by atoms with Gasteiger partial charge in [-0.15, -0.1) is 0 Å². The number of nitrogens with one attached hydrogen (secondary N) is 1. The number of urea groups is 1. The zero-order valence-electron chi connectivity index (χ0n) is 11.1. The summed E-state index contributed by atoms with van der Waals surface area (Å²) in [6, 6.07) is 2.02. The minimum atomic E-state index is -1.18. The summed E-state index contributed by atoms with van der Waals surface area (Å²) in [5.74, 6) is -1.59. The van der Waals surface area contributed by atoms with Crippen LogP contribution in [0.15, 0.2) is 29.3 Å². The summed E-state index contributed by atoms with van der Waals surface area (Å²) < 4.78 is 1.06. The van der Waals surface area contributed by atoms with Gasteiger partial charge in [0.15, 0.2) is 0 Å². The molecule has 2 N–H and O–H groups in total. The standard InChI is InChI=1S/C13H10N4O5/c18-10-3-4-16(13(22)15-10)8-5-14-9-2-1-7(12(20)21)6-17(9)11(8)19/h1-2,5-6H,3-4H2,(H,20,21)(H,15,18,22). The average molecular weight is 302 g/mol. The van der Waals surface area contributed by atoms with Gasteiger partial charge in [0.1, 0.15) is 11.3 Å². The number of hydrogen-bond donors (Lipinski definition) is 2. The van der Waals surface area contributed by atoms with Crippen LogP contribution in [0.1, 0.15) is 16.8 Å². The maximum Gasteiger partial charge on any atom is 0.337 e. The number of aromatic carboxylic acids is 1. The Morgan fingerprint density at radius 3 is 2.73 bits per heavy atom. The third kappa shape index (κ3) is 2.18. The molecule has 9 nitrogen and oxygen atoms in total. The van der Waals surface area contributed by atoms with Gasteiger partial charge in [-0.25, -0.2) is 14.6 Å². The summed E-state index contributed by atoms with van der Waals surface area (Å²) in [5, 5.41) is 11.1. The van der Waals surface area contributed by atoms with Crippen molar-refractivity contribution in [2.45, 2.75) is 6.42 Å². The first-order chi connectivity index (χ1) is 10.5. The predicted molar refractivity (Wildman–Crippen MR) is 73.9 cm³/mol. The van der Waals surface area contributed by atoms with Crippen LogP contribution < -0.4 is 15.8 Å². The summed E-state index contributed by atoms with van der Waals surface area (Å²) in [5.41, 5.74) is -0.429. The summed E-state index contributed by atoms with van der Waals surface area (Å²) in [6.45, 7) is 0.0618. The van der Waals surface area contributed by atoms with Gasteiger partial charge < -0.3 is 5.11 Å². The van der Waals surface area contributed by atoms with E-state index < -0.39 is 23.5 Å². The molecule has 112 valence electrons. The van der Waals surface area contributed by atoms with E-state index in [1.807, 2.05) is 0 Å². The molecule has 0 aliphatic carbocycles. The highest BCUT2D eigenvalue weighted by Crippen LogP contribution is 2.12. The van der Waals surface area contributed by atoms with Gasteiger partial charge in [0.25, 0.3) is 5.56 Å². The SMILES string of the molecule is O=C1CCN(c2cnc3ccc(C(=O)O)cn3c2=O)C(=O)N1. The molecule has 22 heavy (non-hydrogen) atoms. The third-order valence-electron chi connectivity index (χ3n) is 3.28. The molecule has 3 heterocycles. The highest BCUT2D eigenvalue weighted by atomic mass is 16.4. The van der Waals surface area contributed by atoms with Crippen molar-refractivity contribution in [3.05, 3.63) is 40.4 Å². The Morgan fingerprint density at radius 2 is 2.05 bits per heavy atom. The van der Waals surface area contributed by atoms with Crippen molar-refractivity contribution >= 4 is 29.2 Å². The van der Waals surface area contributed by atoms with Gasteiger partial charge in [0.05, 0.1) is 11.8 Å². The van der Waals surface area contributed by atoms with Gasteiger partial charge in [-0.3, -0.25) is 24.2 Å². The number of nitrogens with zero attached hydrogens (tertiary/aromatic N) is 3. The fourth-order valence-electron chi connectivity index (χ4n) is 2.17. The van der Waals surface area contributed by atoms with Crippen LogP contribution in [0.2, 0.25) is 0 Å². The van der Waals surface area contributed by atoms with Crippen molar-refractivity contribution in [3.8, 4) is 0 Å². The number of carbonyl (C=O) groups is 3. The number of anilines is 1. The molecule has 0 bridgehead atoms. The zero-order valence-corrected chi connectivity index (χ0v) is 11.1. The summed E-state index contributed by atoms with van der Waals surface area (Å²) in [4.78, 5) is 51.5. The topological polar surface area (TPSA) is 121 Å². The maximum absolute atomic E-state index is 12.5. The molecule has 1 aliphatic rings. The highest BCUT2D eigenvalue weighted by Gasteiger charge is 2.26. The van der Waals surface area contributed by atoms with Gasteiger partial charge in [-0.2, -0.15) is 0 Å². The molecular weight excluding hydrogens is 292 g/mol. The molecule has 3 rings (SSSR count). The van der Waals surface area contributed by atoms with Crippen LogP contribution in [-0.2, 0) is 4.79 Å². The molecule has 1 fully saturated rings. The van der Waals surface area contributed by atoms with Crippen molar-refractivity contribution in [3.63, 3.8) is 0 Å². The molecule has 3 amide bonds. The molecule has 9 heteroatoms. The van der Waals surface area contributed by atoms with Crippen molar-refractivity contribution in [2.75, 3.05) is 11.4 Å². The number of fused-ring (bicyclic) bond motifs is 1. The molecule has 0 radical (unpaired) electrons. The molecule has 2 aromatic heterocycles. The Labute approximate surface area is 122 Å². The fourth-order valence-corrected chi connectivity index (χ4v) is 2.17. The van der Waals surface area contributed by atoms with Crippen LogP contribution in [0.3, 0.4) is 0 Å². The van der Waals surface area contributed by atoms with E-state index in [1.54, 1.807) is 0 Å². The van der Waals surface area contributed by atoms with E-state index in [1.165, 1.54) is 18.3 Å². The lowest BCUT2D eigenvalue weighted by Crippen LogP contribution is -2.51. The molecule has 0 spiro atoms. The number of pyridine rings is 1. The maximum atomic E-state index is 12.5. The predicted octanol–water partition coefficient (Wildman–Crippen LogP) is -0.161. The first kappa shape index (κ1) is 13.7. The van der Waals surface area contributed by atoms with Gasteiger partial charge in [0, 0.05) is 19.2 Å². The number of carbonyl (C=O) groups excluding carboxylic acids is 2. The lowest BCUT2D eigenvalue weighted by molar-refractivity contribution is -0.120. The third-order valence-corrected chi connectivity index (χ3v) is 3.28. The molecule has 1 aliphatic heterocycles. The minimum Gasteiger partial charge on any atom is -0.478 e. The summed E-state index contributed by atoms with van der Waals surface area (Å²) in [6.07, 6.45) is 2.44. The number of carboxylic acid groups (broad SMARTS) is 1. The van der Waals surface area contributed by atoms with Gasteiger partial charge in [-0.1, -0.05) is 0 Å². The second-order valence-electron chi connectivity index (χ2n) is 4.65. The number of amides is 3. The fraction of sp³-hybridized carbons (Fsp3) is 0.154. The van der Waals surface area contributed by atoms with E-state index >= 15 is 0 Å². The normalized spacial score (nSPS) is 15.0. The lowest BCUT2D eigenvalue weighted by Gasteiger charge is -2.25. The molecule has 1 saturated heterocycles. The zero-order chi connectivity index (χ0) is 15.9. The molecule has 2 aromatic rings. The first-order valence-corrected chi connectivity index (χ1v) is 6.33. The number of hydrogen-bond acceptors (Lipinski definition) is 5. The number of carboxylic acids is 1. The van der Waals surface area contributed by atoms with Crippen molar-refractivity contribution < 1.29 is 19.5 Å². The van der Waals surface area contributed by atoms with E-state index in [0.717, 1.165) is 15.5 Å². The van der Waals surface area contributed by atoms with Crippen molar-refractivity contribution in [1.29, 1.82) is 0 Å². The second-order valence-corrected chi connectivity index (χ2v) is 4.65. The van der Waals surface area contributed by atoms with E-state index in [-0.39, 0.29) is 29.9 Å². The van der Waals surface area contributed by atoms with E-state index in [0.29, 0.717) is 0 Å². The Bertz CT molecular complexity index is 872. The van der Waals surface area contributed by atoms with Gasteiger partial charge in [-0.05, 0) is 12.1 Å². The van der Waals surface area contributed by atoms with Crippen molar-refractivity contribution in [1.82, 2.24) is 14.7 Å². The van der Waals surface area contributed by atoms with Crippen LogP contribution in [-0.4, -0.2) is 38.9 Å². The summed E-state index contributed by atoms with van der Waals surface area (Å²) >= 11 is 0. The van der Waals surface area contributed by atoms with E-state index in [2.05, 4.69) is 10.3 Å². The molecule has 0 atom stereocenters. The molecule has 0 saturated carbocycles. The van der Waals surface area contributed by atoms with Crippen LogP contribution in [0, 0.1) is 0 Å². The number of rotatable bonds is 2.